The molecule has 0 N–H and O–H groups in total. The second-order valence-corrected chi connectivity index (χ2v) is 6.75. The van der Waals surface area contributed by atoms with Crippen LogP contribution in [-0.4, -0.2) is 32.4 Å². The lowest BCUT2D eigenvalue weighted by atomic mass is 10.0. The number of rotatable bonds is 0. The highest BCUT2D eigenvalue weighted by Gasteiger charge is 2.33. The molecule has 0 spiro atoms. The number of fused-ring (bicyclic) bond motifs is 1. The Bertz CT molecular complexity index is 505. The van der Waals surface area contributed by atoms with Crippen LogP contribution in [0.5, 0.6) is 0 Å². The zero-order chi connectivity index (χ0) is 14.4. The fourth-order valence-corrected chi connectivity index (χ4v) is 2.63. The Kier molecular flexibility index (Phi) is 3.64. The summed E-state index contributed by atoms with van der Waals surface area (Å²) in [4.78, 5) is 14.0. The van der Waals surface area contributed by atoms with Crippen LogP contribution in [0.15, 0.2) is 4.60 Å². The highest BCUT2D eigenvalue weighted by atomic mass is 79.9. The number of aryl methyl sites for hydroxylation is 1. The van der Waals surface area contributed by atoms with Crippen LogP contribution < -0.4 is 0 Å². The van der Waals surface area contributed by atoms with E-state index in [1.165, 1.54) is 0 Å². The third-order valence-corrected chi connectivity index (χ3v) is 4.12. The minimum absolute atomic E-state index is 0.101. The van der Waals surface area contributed by atoms with Gasteiger partial charge < -0.3 is 9.64 Å². The van der Waals surface area contributed by atoms with Gasteiger partial charge in [0.15, 0.2) is 0 Å². The van der Waals surface area contributed by atoms with E-state index in [0.29, 0.717) is 6.54 Å². The molecule has 1 unspecified atom stereocenters. The maximum Gasteiger partial charge on any atom is 0.410 e. The molecule has 1 aromatic heterocycles. The molecule has 1 amide bonds. The first kappa shape index (κ1) is 14.4. The molecule has 5 nitrogen and oxygen atoms in total. The molecule has 6 heteroatoms. The SMILES string of the molecule is CC1Cc2nn(C)c(Br)c2CN1C(=O)OC(C)(C)C. The summed E-state index contributed by atoms with van der Waals surface area (Å²) in [5.41, 5.74) is 1.66. The van der Waals surface area contributed by atoms with Crippen molar-refractivity contribution in [3.05, 3.63) is 15.9 Å². The van der Waals surface area contributed by atoms with Gasteiger partial charge in [-0.25, -0.2) is 4.79 Å². The molecule has 2 rings (SSSR count). The normalized spacial score (nSPS) is 19.3. The van der Waals surface area contributed by atoms with Crippen molar-refractivity contribution < 1.29 is 9.53 Å². The number of amides is 1. The topological polar surface area (TPSA) is 47.4 Å². The van der Waals surface area contributed by atoms with E-state index in [1.54, 1.807) is 9.58 Å². The smallest absolute Gasteiger partial charge is 0.410 e. The Balaban J connectivity index is 2.21. The molecule has 0 bridgehead atoms. The summed E-state index contributed by atoms with van der Waals surface area (Å²) in [6.45, 7) is 8.20. The Morgan fingerprint density at radius 1 is 1.47 bits per heavy atom. The van der Waals surface area contributed by atoms with E-state index >= 15 is 0 Å². The third kappa shape index (κ3) is 2.94. The van der Waals surface area contributed by atoms with Gasteiger partial charge in [-0.1, -0.05) is 0 Å². The molecule has 0 radical (unpaired) electrons. The predicted molar refractivity (Wildman–Crippen MR) is 75.9 cm³/mol. The van der Waals surface area contributed by atoms with Gasteiger partial charge >= 0.3 is 6.09 Å². The van der Waals surface area contributed by atoms with Crippen molar-refractivity contribution in [2.75, 3.05) is 0 Å². The van der Waals surface area contributed by atoms with Gasteiger partial charge in [-0.15, -0.1) is 0 Å². The van der Waals surface area contributed by atoms with Gasteiger partial charge in [-0.2, -0.15) is 5.10 Å². The maximum absolute atomic E-state index is 12.2. The predicted octanol–water partition coefficient (Wildman–Crippen LogP) is 2.86. The summed E-state index contributed by atoms with van der Waals surface area (Å²) in [6, 6.07) is 0.101. The van der Waals surface area contributed by atoms with E-state index in [9.17, 15) is 4.79 Å². The van der Waals surface area contributed by atoms with Crippen molar-refractivity contribution in [2.24, 2.45) is 7.05 Å². The Morgan fingerprint density at radius 2 is 2.11 bits per heavy atom. The maximum atomic E-state index is 12.2. The fraction of sp³-hybridized carbons (Fsp3) is 0.692. The van der Waals surface area contributed by atoms with Crippen molar-refractivity contribution in [3.8, 4) is 0 Å². The van der Waals surface area contributed by atoms with E-state index in [1.807, 2.05) is 34.7 Å². The van der Waals surface area contributed by atoms with Crippen molar-refractivity contribution in [1.82, 2.24) is 14.7 Å². The van der Waals surface area contributed by atoms with Crippen LogP contribution in [0.1, 0.15) is 39.0 Å². The minimum Gasteiger partial charge on any atom is -0.444 e. The van der Waals surface area contributed by atoms with Crippen molar-refractivity contribution >= 4 is 22.0 Å². The third-order valence-electron chi connectivity index (χ3n) is 3.13. The molecule has 0 fully saturated rings. The summed E-state index contributed by atoms with van der Waals surface area (Å²) in [6.07, 6.45) is 0.495. The minimum atomic E-state index is -0.469. The number of aromatic nitrogens is 2. The highest BCUT2D eigenvalue weighted by Crippen LogP contribution is 2.29. The highest BCUT2D eigenvalue weighted by molar-refractivity contribution is 9.10. The Morgan fingerprint density at radius 3 is 2.68 bits per heavy atom. The summed E-state index contributed by atoms with van der Waals surface area (Å²) in [5, 5.41) is 4.46. The molecular weight excluding hydrogens is 310 g/mol. The lowest BCUT2D eigenvalue weighted by Gasteiger charge is -2.34. The lowest BCUT2D eigenvalue weighted by molar-refractivity contribution is 0.0137. The number of hydrogen-bond acceptors (Lipinski definition) is 3. The second kappa shape index (κ2) is 4.81. The van der Waals surface area contributed by atoms with Gasteiger partial charge in [0.2, 0.25) is 0 Å². The van der Waals surface area contributed by atoms with E-state index < -0.39 is 5.60 Å². The number of hydrogen-bond donors (Lipinski definition) is 0. The van der Waals surface area contributed by atoms with Crippen LogP contribution in [0.2, 0.25) is 0 Å². The summed E-state index contributed by atoms with van der Waals surface area (Å²) in [5.74, 6) is 0. The Hall–Kier alpha value is -1.04. The monoisotopic (exact) mass is 329 g/mol. The van der Waals surface area contributed by atoms with Crippen molar-refractivity contribution in [3.63, 3.8) is 0 Å². The molecule has 0 aromatic carbocycles. The van der Waals surface area contributed by atoms with Crippen LogP contribution in [0.25, 0.3) is 0 Å². The van der Waals surface area contributed by atoms with Crippen LogP contribution in [0.4, 0.5) is 4.79 Å². The van der Waals surface area contributed by atoms with Crippen LogP contribution in [0.3, 0.4) is 0 Å². The van der Waals surface area contributed by atoms with E-state index in [0.717, 1.165) is 22.3 Å². The molecule has 0 aliphatic carbocycles. The average Bonchev–Trinajstić information content (AvgIpc) is 2.50. The van der Waals surface area contributed by atoms with Crippen LogP contribution in [-0.2, 0) is 24.8 Å². The van der Waals surface area contributed by atoms with Gasteiger partial charge in [0.05, 0.1) is 12.2 Å². The van der Waals surface area contributed by atoms with Crippen LogP contribution in [0, 0.1) is 0 Å². The summed E-state index contributed by atoms with van der Waals surface area (Å²) in [7, 11) is 1.89. The standard InChI is InChI=1S/C13H20BrN3O2/c1-8-6-10-9(11(14)16(5)15-10)7-17(8)12(18)19-13(2,3)4/h8H,6-7H2,1-5H3. The van der Waals surface area contributed by atoms with Gasteiger partial charge in [0, 0.05) is 25.1 Å². The van der Waals surface area contributed by atoms with Crippen molar-refractivity contribution in [1.29, 1.82) is 0 Å². The average molecular weight is 330 g/mol. The first-order chi connectivity index (χ1) is 8.69. The Labute approximate surface area is 122 Å². The molecule has 1 aliphatic heterocycles. The summed E-state index contributed by atoms with van der Waals surface area (Å²) < 4.78 is 8.19. The lowest BCUT2D eigenvalue weighted by Crippen LogP contribution is -2.45. The number of ether oxygens (including phenoxy) is 1. The molecule has 106 valence electrons. The second-order valence-electron chi connectivity index (χ2n) is 6.00. The van der Waals surface area contributed by atoms with Crippen LogP contribution >= 0.6 is 15.9 Å². The first-order valence-corrected chi connectivity index (χ1v) is 7.18. The first-order valence-electron chi connectivity index (χ1n) is 6.39. The molecule has 19 heavy (non-hydrogen) atoms. The van der Waals surface area contributed by atoms with E-state index in [2.05, 4.69) is 21.0 Å². The molecule has 0 saturated carbocycles. The van der Waals surface area contributed by atoms with E-state index in [-0.39, 0.29) is 12.1 Å². The number of nitrogens with zero attached hydrogens (tertiary/aromatic N) is 3. The van der Waals surface area contributed by atoms with Gasteiger partial charge in [0.25, 0.3) is 0 Å². The van der Waals surface area contributed by atoms with Gasteiger partial charge in [-0.05, 0) is 43.6 Å². The van der Waals surface area contributed by atoms with Crippen molar-refractivity contribution in [2.45, 2.75) is 52.3 Å². The molecular formula is C13H20BrN3O2. The van der Waals surface area contributed by atoms with Gasteiger partial charge in [0.1, 0.15) is 10.2 Å². The molecule has 1 aromatic rings. The summed E-state index contributed by atoms with van der Waals surface area (Å²) >= 11 is 3.52. The number of carbonyl (C=O) groups excluding carboxylic acids is 1. The zero-order valence-electron chi connectivity index (χ0n) is 12.0. The largest absolute Gasteiger partial charge is 0.444 e. The zero-order valence-corrected chi connectivity index (χ0v) is 13.6. The number of carbonyl (C=O) groups is 1. The van der Waals surface area contributed by atoms with Gasteiger partial charge in [-0.3, -0.25) is 4.68 Å². The fourth-order valence-electron chi connectivity index (χ4n) is 2.20. The molecule has 2 heterocycles. The molecule has 0 saturated heterocycles. The molecule has 1 aliphatic rings. The quantitative estimate of drug-likeness (QED) is 0.735. The molecule has 1 atom stereocenters. The number of halogens is 1. The van der Waals surface area contributed by atoms with E-state index in [4.69, 9.17) is 4.74 Å².